The fraction of sp³-hybridized carbons (Fsp3) is 1.00. The molecule has 0 aromatic heterocycles. The summed E-state index contributed by atoms with van der Waals surface area (Å²) >= 11 is 4.24. The quantitative estimate of drug-likeness (QED) is 0.590. The summed E-state index contributed by atoms with van der Waals surface area (Å²) < 4.78 is 5.29. The number of rotatable bonds is 6. The van der Waals surface area contributed by atoms with Gasteiger partial charge in [-0.05, 0) is 25.0 Å². The van der Waals surface area contributed by atoms with Gasteiger partial charge in [0.1, 0.15) is 0 Å². The highest BCUT2D eigenvalue weighted by atomic mass is 32.1. The molecule has 1 atom stereocenters. The first-order chi connectivity index (χ1) is 4.85. The highest BCUT2D eigenvalue weighted by molar-refractivity contribution is 7.80. The predicted molar refractivity (Wildman–Crippen MR) is 48.7 cm³/mol. The van der Waals surface area contributed by atoms with Gasteiger partial charge >= 0.3 is 0 Å². The number of thiol groups is 1. The molecule has 0 spiro atoms. The molecule has 10 heavy (non-hydrogen) atoms. The second-order valence-electron chi connectivity index (χ2n) is 2.50. The minimum atomic E-state index is 0.660. The smallest absolute Gasteiger partial charge is 0.0501 e. The molecule has 0 rings (SSSR count). The molecule has 0 bridgehead atoms. The first kappa shape index (κ1) is 10.3. The first-order valence-corrected chi connectivity index (χ1v) is 4.66. The zero-order valence-corrected chi connectivity index (χ0v) is 7.86. The fourth-order valence-corrected chi connectivity index (χ4v) is 1.21. The van der Waals surface area contributed by atoms with Gasteiger partial charge in [-0.1, -0.05) is 13.3 Å². The molecule has 0 aliphatic carbocycles. The standard InChI is InChI=1S/C8H18OS/c1-3-5-8(7-10)6-9-4-2/h8,10H,3-7H2,1-2H3. The third-order valence-electron chi connectivity index (χ3n) is 1.51. The Bertz CT molecular complexity index is 66.3. The summed E-state index contributed by atoms with van der Waals surface area (Å²) in [5.41, 5.74) is 0. The summed E-state index contributed by atoms with van der Waals surface area (Å²) in [5, 5.41) is 0. The third kappa shape index (κ3) is 5.12. The van der Waals surface area contributed by atoms with Crippen LogP contribution in [0.25, 0.3) is 0 Å². The van der Waals surface area contributed by atoms with E-state index in [0.29, 0.717) is 5.92 Å². The molecule has 0 radical (unpaired) electrons. The molecule has 0 heterocycles. The summed E-state index contributed by atoms with van der Waals surface area (Å²) in [6.45, 7) is 5.94. The maximum Gasteiger partial charge on any atom is 0.0501 e. The van der Waals surface area contributed by atoms with E-state index in [2.05, 4.69) is 19.6 Å². The van der Waals surface area contributed by atoms with Crippen molar-refractivity contribution >= 4 is 12.6 Å². The van der Waals surface area contributed by atoms with Gasteiger partial charge in [0.25, 0.3) is 0 Å². The van der Waals surface area contributed by atoms with Gasteiger partial charge in [-0.2, -0.15) is 12.6 Å². The van der Waals surface area contributed by atoms with Crippen LogP contribution in [0.4, 0.5) is 0 Å². The van der Waals surface area contributed by atoms with E-state index in [-0.39, 0.29) is 0 Å². The van der Waals surface area contributed by atoms with Gasteiger partial charge in [-0.3, -0.25) is 0 Å². The van der Waals surface area contributed by atoms with Gasteiger partial charge in [-0.25, -0.2) is 0 Å². The van der Waals surface area contributed by atoms with Gasteiger partial charge in [-0.15, -0.1) is 0 Å². The molecule has 1 nitrogen and oxygen atoms in total. The van der Waals surface area contributed by atoms with Crippen LogP contribution in [0.2, 0.25) is 0 Å². The molecule has 0 aromatic carbocycles. The van der Waals surface area contributed by atoms with Crippen molar-refractivity contribution in [2.45, 2.75) is 26.7 Å². The second-order valence-corrected chi connectivity index (χ2v) is 2.86. The van der Waals surface area contributed by atoms with E-state index >= 15 is 0 Å². The van der Waals surface area contributed by atoms with Crippen molar-refractivity contribution in [1.82, 2.24) is 0 Å². The summed E-state index contributed by atoms with van der Waals surface area (Å²) in [5.74, 6) is 1.61. The van der Waals surface area contributed by atoms with Gasteiger partial charge in [0.2, 0.25) is 0 Å². The van der Waals surface area contributed by atoms with Crippen LogP contribution in [0.5, 0.6) is 0 Å². The Morgan fingerprint density at radius 3 is 2.50 bits per heavy atom. The summed E-state index contributed by atoms with van der Waals surface area (Å²) in [7, 11) is 0. The maximum absolute atomic E-state index is 5.29. The topological polar surface area (TPSA) is 9.23 Å². The Balaban J connectivity index is 3.21. The van der Waals surface area contributed by atoms with Crippen molar-refractivity contribution in [3.63, 3.8) is 0 Å². The molecule has 0 N–H and O–H groups in total. The first-order valence-electron chi connectivity index (χ1n) is 4.03. The summed E-state index contributed by atoms with van der Waals surface area (Å²) in [6, 6.07) is 0. The number of ether oxygens (including phenoxy) is 1. The van der Waals surface area contributed by atoms with E-state index in [1.807, 2.05) is 6.92 Å². The monoisotopic (exact) mass is 162 g/mol. The molecular weight excluding hydrogens is 144 g/mol. The van der Waals surface area contributed by atoms with Crippen molar-refractivity contribution in [3.05, 3.63) is 0 Å². The van der Waals surface area contributed by atoms with E-state index in [1.54, 1.807) is 0 Å². The lowest BCUT2D eigenvalue weighted by molar-refractivity contribution is 0.114. The Labute approximate surface area is 69.6 Å². The zero-order chi connectivity index (χ0) is 7.82. The minimum Gasteiger partial charge on any atom is -0.381 e. The lowest BCUT2D eigenvalue weighted by atomic mass is 10.1. The number of hydrogen-bond acceptors (Lipinski definition) is 2. The van der Waals surface area contributed by atoms with Crippen molar-refractivity contribution in [3.8, 4) is 0 Å². The highest BCUT2D eigenvalue weighted by Gasteiger charge is 2.03. The zero-order valence-electron chi connectivity index (χ0n) is 6.97. The van der Waals surface area contributed by atoms with Crippen molar-refractivity contribution in [2.75, 3.05) is 19.0 Å². The molecule has 0 aliphatic rings. The molecule has 0 saturated carbocycles. The molecule has 0 saturated heterocycles. The Hall–Kier alpha value is 0.310. The molecule has 0 amide bonds. The summed E-state index contributed by atoms with van der Waals surface area (Å²) in [4.78, 5) is 0. The van der Waals surface area contributed by atoms with E-state index in [4.69, 9.17) is 4.74 Å². The van der Waals surface area contributed by atoms with Crippen molar-refractivity contribution in [1.29, 1.82) is 0 Å². The Kier molecular flexibility index (Phi) is 7.65. The molecule has 0 aliphatic heterocycles. The van der Waals surface area contributed by atoms with Crippen LogP contribution in [-0.2, 0) is 4.74 Å². The van der Waals surface area contributed by atoms with Gasteiger partial charge < -0.3 is 4.74 Å². The molecular formula is C8H18OS. The lowest BCUT2D eigenvalue weighted by Gasteiger charge is -2.11. The van der Waals surface area contributed by atoms with Crippen LogP contribution < -0.4 is 0 Å². The molecule has 0 fully saturated rings. The molecule has 2 heteroatoms. The predicted octanol–water partition coefficient (Wildman–Crippen LogP) is 2.37. The summed E-state index contributed by atoms with van der Waals surface area (Å²) in [6.07, 6.45) is 2.47. The van der Waals surface area contributed by atoms with Crippen LogP contribution in [0.1, 0.15) is 26.7 Å². The average Bonchev–Trinajstić information content (AvgIpc) is 1.98. The molecule has 62 valence electrons. The van der Waals surface area contributed by atoms with E-state index in [0.717, 1.165) is 19.0 Å². The molecule has 0 aromatic rings. The van der Waals surface area contributed by atoms with Crippen LogP contribution >= 0.6 is 12.6 Å². The second kappa shape index (κ2) is 7.42. The third-order valence-corrected chi connectivity index (χ3v) is 2.03. The van der Waals surface area contributed by atoms with Crippen molar-refractivity contribution < 1.29 is 4.74 Å². The van der Waals surface area contributed by atoms with Gasteiger partial charge in [0.15, 0.2) is 0 Å². The molecule has 1 unspecified atom stereocenters. The fourth-order valence-electron chi connectivity index (χ4n) is 0.920. The van der Waals surface area contributed by atoms with E-state index in [9.17, 15) is 0 Å². The Morgan fingerprint density at radius 1 is 1.40 bits per heavy atom. The average molecular weight is 162 g/mol. The van der Waals surface area contributed by atoms with E-state index < -0.39 is 0 Å². The van der Waals surface area contributed by atoms with Gasteiger partial charge in [0.05, 0.1) is 6.61 Å². The normalized spacial score (nSPS) is 13.5. The maximum atomic E-state index is 5.29. The highest BCUT2D eigenvalue weighted by Crippen LogP contribution is 2.08. The van der Waals surface area contributed by atoms with E-state index in [1.165, 1.54) is 12.8 Å². The SMILES string of the molecule is CCCC(CS)COCC. The minimum absolute atomic E-state index is 0.660. The van der Waals surface area contributed by atoms with Gasteiger partial charge in [0, 0.05) is 6.61 Å². The lowest BCUT2D eigenvalue weighted by Crippen LogP contribution is -2.10. The van der Waals surface area contributed by atoms with Crippen LogP contribution in [0, 0.1) is 5.92 Å². The van der Waals surface area contributed by atoms with Crippen LogP contribution in [0.15, 0.2) is 0 Å². The largest absolute Gasteiger partial charge is 0.381 e. The van der Waals surface area contributed by atoms with Crippen LogP contribution in [0.3, 0.4) is 0 Å². The number of hydrogen-bond donors (Lipinski definition) is 1. The Morgan fingerprint density at radius 2 is 2.10 bits per heavy atom. The van der Waals surface area contributed by atoms with Crippen LogP contribution in [-0.4, -0.2) is 19.0 Å². The van der Waals surface area contributed by atoms with Crippen molar-refractivity contribution in [2.24, 2.45) is 5.92 Å².